The van der Waals surface area contributed by atoms with Crippen LogP contribution in [0.3, 0.4) is 0 Å². The fraction of sp³-hybridized carbons (Fsp3) is 0.500. The maximum absolute atomic E-state index is 12.2. The molecule has 0 aliphatic carbocycles. The predicted molar refractivity (Wildman–Crippen MR) is 80.6 cm³/mol. The summed E-state index contributed by atoms with van der Waals surface area (Å²) >= 11 is 0. The molecule has 21 heavy (non-hydrogen) atoms. The van der Waals surface area contributed by atoms with Crippen LogP contribution in [0.15, 0.2) is 24.3 Å². The SMILES string of the molecule is COc1ccc(C(=O)CCC(=O)N2CCNC[C@@H]2C)cc1. The molecule has 0 spiro atoms. The zero-order valence-electron chi connectivity index (χ0n) is 12.6. The lowest BCUT2D eigenvalue weighted by Gasteiger charge is -2.34. The average Bonchev–Trinajstić information content (AvgIpc) is 2.52. The van der Waals surface area contributed by atoms with Crippen molar-refractivity contribution < 1.29 is 14.3 Å². The van der Waals surface area contributed by atoms with Crippen LogP contribution in [0.2, 0.25) is 0 Å². The number of amides is 1. The molecule has 0 aromatic heterocycles. The van der Waals surface area contributed by atoms with E-state index < -0.39 is 0 Å². The number of ketones is 1. The van der Waals surface area contributed by atoms with E-state index in [1.807, 2.05) is 11.8 Å². The van der Waals surface area contributed by atoms with Crippen LogP contribution in [-0.2, 0) is 4.79 Å². The summed E-state index contributed by atoms with van der Waals surface area (Å²) in [5, 5.41) is 3.25. The van der Waals surface area contributed by atoms with Crippen molar-refractivity contribution >= 4 is 11.7 Å². The van der Waals surface area contributed by atoms with Crippen molar-refractivity contribution in [1.82, 2.24) is 10.2 Å². The van der Waals surface area contributed by atoms with Crippen LogP contribution >= 0.6 is 0 Å². The van der Waals surface area contributed by atoms with E-state index in [1.165, 1.54) is 0 Å². The molecule has 1 saturated heterocycles. The summed E-state index contributed by atoms with van der Waals surface area (Å²) in [6.07, 6.45) is 0.525. The van der Waals surface area contributed by atoms with Gasteiger partial charge in [0.1, 0.15) is 5.75 Å². The molecule has 2 rings (SSSR count). The van der Waals surface area contributed by atoms with E-state index in [0.717, 1.165) is 25.4 Å². The Labute approximate surface area is 125 Å². The third-order valence-electron chi connectivity index (χ3n) is 3.80. The maximum atomic E-state index is 12.2. The van der Waals surface area contributed by atoms with Gasteiger partial charge in [0.25, 0.3) is 0 Å². The molecule has 1 N–H and O–H groups in total. The molecule has 0 saturated carbocycles. The Hall–Kier alpha value is -1.88. The normalized spacial score (nSPS) is 18.4. The molecule has 5 heteroatoms. The number of hydrogen-bond donors (Lipinski definition) is 1. The molecule has 0 bridgehead atoms. The summed E-state index contributed by atoms with van der Waals surface area (Å²) in [5.74, 6) is 0.775. The second-order valence-electron chi connectivity index (χ2n) is 5.29. The van der Waals surface area contributed by atoms with Gasteiger partial charge in [-0.25, -0.2) is 0 Å². The standard InChI is InChI=1S/C16H22N2O3/c1-12-11-17-9-10-18(12)16(20)8-7-15(19)13-3-5-14(21-2)6-4-13/h3-6,12,17H,7-11H2,1-2H3/t12-/m0/s1. The first-order chi connectivity index (χ1) is 10.1. The van der Waals surface area contributed by atoms with Gasteiger partial charge in [-0.05, 0) is 31.2 Å². The molecular weight excluding hydrogens is 268 g/mol. The lowest BCUT2D eigenvalue weighted by Crippen LogP contribution is -2.52. The predicted octanol–water partition coefficient (Wildman–Crippen LogP) is 1.48. The monoisotopic (exact) mass is 290 g/mol. The van der Waals surface area contributed by atoms with E-state index in [1.54, 1.807) is 31.4 Å². The van der Waals surface area contributed by atoms with Crippen molar-refractivity contribution in [1.29, 1.82) is 0 Å². The second kappa shape index (κ2) is 7.22. The molecule has 1 atom stereocenters. The van der Waals surface area contributed by atoms with Crippen molar-refractivity contribution in [3.05, 3.63) is 29.8 Å². The largest absolute Gasteiger partial charge is 0.497 e. The number of ether oxygens (including phenoxy) is 1. The van der Waals surface area contributed by atoms with Crippen molar-refractivity contribution in [3.63, 3.8) is 0 Å². The number of carbonyl (C=O) groups excluding carboxylic acids is 2. The van der Waals surface area contributed by atoms with E-state index in [4.69, 9.17) is 4.74 Å². The van der Waals surface area contributed by atoms with Crippen LogP contribution in [0.4, 0.5) is 0 Å². The molecule has 1 heterocycles. The molecule has 1 fully saturated rings. The Kier molecular flexibility index (Phi) is 5.33. The third-order valence-corrected chi connectivity index (χ3v) is 3.80. The fourth-order valence-electron chi connectivity index (χ4n) is 2.50. The van der Waals surface area contributed by atoms with Crippen LogP contribution in [-0.4, -0.2) is 49.4 Å². The van der Waals surface area contributed by atoms with Gasteiger partial charge < -0.3 is 15.0 Å². The minimum atomic E-state index is -0.00575. The number of hydrogen-bond acceptors (Lipinski definition) is 4. The maximum Gasteiger partial charge on any atom is 0.223 e. The summed E-state index contributed by atoms with van der Waals surface area (Å²) < 4.78 is 5.06. The van der Waals surface area contributed by atoms with E-state index in [2.05, 4.69) is 5.32 Å². The van der Waals surface area contributed by atoms with Crippen LogP contribution in [0, 0.1) is 0 Å². The lowest BCUT2D eigenvalue weighted by molar-refractivity contribution is -0.133. The van der Waals surface area contributed by atoms with Gasteiger partial charge in [-0.1, -0.05) is 0 Å². The van der Waals surface area contributed by atoms with E-state index in [9.17, 15) is 9.59 Å². The number of benzene rings is 1. The Bertz CT molecular complexity index is 499. The number of carbonyl (C=O) groups is 2. The highest BCUT2D eigenvalue weighted by atomic mass is 16.5. The lowest BCUT2D eigenvalue weighted by atomic mass is 10.1. The molecule has 1 aromatic rings. The van der Waals surface area contributed by atoms with Gasteiger partial charge in [0, 0.05) is 44.1 Å². The van der Waals surface area contributed by atoms with Crippen LogP contribution < -0.4 is 10.1 Å². The Morgan fingerprint density at radius 1 is 1.29 bits per heavy atom. The number of rotatable bonds is 5. The highest BCUT2D eigenvalue weighted by molar-refractivity contribution is 5.98. The molecule has 0 radical (unpaired) electrons. The van der Waals surface area contributed by atoms with Crippen LogP contribution in [0.25, 0.3) is 0 Å². The zero-order valence-corrected chi connectivity index (χ0v) is 12.6. The van der Waals surface area contributed by atoms with Gasteiger partial charge in [-0.15, -0.1) is 0 Å². The number of piperazine rings is 1. The van der Waals surface area contributed by atoms with E-state index in [0.29, 0.717) is 5.56 Å². The Balaban J connectivity index is 1.86. The minimum Gasteiger partial charge on any atom is -0.497 e. The second-order valence-corrected chi connectivity index (χ2v) is 5.29. The van der Waals surface area contributed by atoms with Gasteiger partial charge in [-0.2, -0.15) is 0 Å². The number of Topliss-reactive ketones (excluding diaryl/α,β-unsaturated/α-hetero) is 1. The van der Waals surface area contributed by atoms with Crippen molar-refractivity contribution in [2.24, 2.45) is 0 Å². The molecule has 1 aliphatic heterocycles. The number of nitrogens with zero attached hydrogens (tertiary/aromatic N) is 1. The molecule has 0 unspecified atom stereocenters. The van der Waals surface area contributed by atoms with Gasteiger partial charge in [0.15, 0.2) is 5.78 Å². The van der Waals surface area contributed by atoms with E-state index in [-0.39, 0.29) is 30.6 Å². The quantitative estimate of drug-likeness (QED) is 0.835. The molecule has 114 valence electrons. The zero-order chi connectivity index (χ0) is 15.2. The summed E-state index contributed by atoms with van der Waals surface area (Å²) in [7, 11) is 1.59. The topological polar surface area (TPSA) is 58.6 Å². The van der Waals surface area contributed by atoms with Crippen LogP contribution in [0.5, 0.6) is 5.75 Å². The summed E-state index contributed by atoms with van der Waals surface area (Å²) in [5.41, 5.74) is 0.622. The average molecular weight is 290 g/mol. The highest BCUT2D eigenvalue weighted by Crippen LogP contribution is 2.14. The summed E-state index contributed by atoms with van der Waals surface area (Å²) in [6.45, 7) is 4.38. The first kappa shape index (κ1) is 15.5. The minimum absolute atomic E-state index is 0.00575. The summed E-state index contributed by atoms with van der Waals surface area (Å²) in [6, 6.07) is 7.18. The number of methoxy groups -OCH3 is 1. The molecule has 1 aromatic carbocycles. The van der Waals surface area contributed by atoms with Gasteiger partial charge in [0.2, 0.25) is 5.91 Å². The van der Waals surface area contributed by atoms with Crippen LogP contribution in [0.1, 0.15) is 30.1 Å². The molecule has 1 aliphatic rings. The Morgan fingerprint density at radius 2 is 2.00 bits per heavy atom. The molecule has 1 amide bonds. The molecule has 5 nitrogen and oxygen atoms in total. The first-order valence-electron chi connectivity index (χ1n) is 7.29. The van der Waals surface area contributed by atoms with Gasteiger partial charge in [0.05, 0.1) is 7.11 Å². The Morgan fingerprint density at radius 3 is 2.62 bits per heavy atom. The van der Waals surface area contributed by atoms with Gasteiger partial charge in [-0.3, -0.25) is 9.59 Å². The number of nitrogens with one attached hydrogen (secondary N) is 1. The third kappa shape index (κ3) is 4.04. The van der Waals surface area contributed by atoms with Crippen molar-refractivity contribution in [3.8, 4) is 5.75 Å². The van der Waals surface area contributed by atoms with Gasteiger partial charge >= 0.3 is 0 Å². The van der Waals surface area contributed by atoms with E-state index >= 15 is 0 Å². The smallest absolute Gasteiger partial charge is 0.223 e. The first-order valence-corrected chi connectivity index (χ1v) is 7.29. The molecular formula is C16H22N2O3. The van der Waals surface area contributed by atoms with Crippen molar-refractivity contribution in [2.45, 2.75) is 25.8 Å². The van der Waals surface area contributed by atoms with Crippen molar-refractivity contribution in [2.75, 3.05) is 26.7 Å². The summed E-state index contributed by atoms with van der Waals surface area (Å²) in [4.78, 5) is 26.1. The highest BCUT2D eigenvalue weighted by Gasteiger charge is 2.23. The fourth-order valence-corrected chi connectivity index (χ4v) is 2.50.